The number of nitrogens with zero attached hydrogens (tertiary/aromatic N) is 2. The number of thiophene rings is 1. The molecule has 23 heavy (non-hydrogen) atoms. The number of para-hydroxylation sites is 1. The van der Waals surface area contributed by atoms with E-state index < -0.39 is 0 Å². The molecule has 0 saturated heterocycles. The number of hydrogen-bond acceptors (Lipinski definition) is 4. The van der Waals surface area contributed by atoms with Gasteiger partial charge in [0.1, 0.15) is 5.69 Å². The molecule has 2 heterocycles. The van der Waals surface area contributed by atoms with E-state index in [1.165, 1.54) is 11.8 Å². The minimum atomic E-state index is -0.123. The first-order valence-electron chi connectivity index (χ1n) is 7.22. The van der Waals surface area contributed by atoms with Gasteiger partial charge in [0.15, 0.2) is 5.16 Å². The zero-order chi connectivity index (χ0) is 16.2. The van der Waals surface area contributed by atoms with Gasteiger partial charge in [-0.15, -0.1) is 11.3 Å². The molecule has 0 fully saturated rings. The SMILES string of the molecule is CSc1ncc(C(=O)NC(C)c2cccs2)n1-c1ccccc1. The van der Waals surface area contributed by atoms with E-state index in [9.17, 15) is 4.79 Å². The molecule has 2 aromatic heterocycles. The number of carbonyl (C=O) groups excluding carboxylic acids is 1. The van der Waals surface area contributed by atoms with Crippen molar-refractivity contribution < 1.29 is 4.79 Å². The van der Waals surface area contributed by atoms with Gasteiger partial charge < -0.3 is 5.32 Å². The third-order valence-corrected chi connectivity index (χ3v) is 5.18. The summed E-state index contributed by atoms with van der Waals surface area (Å²) in [6.07, 6.45) is 3.59. The summed E-state index contributed by atoms with van der Waals surface area (Å²) < 4.78 is 1.89. The number of nitrogens with one attached hydrogen (secondary N) is 1. The molecule has 1 amide bonds. The fraction of sp³-hybridized carbons (Fsp3) is 0.176. The van der Waals surface area contributed by atoms with Gasteiger partial charge in [-0.25, -0.2) is 4.98 Å². The Bertz CT molecular complexity index is 782. The van der Waals surface area contributed by atoms with Gasteiger partial charge in [-0.1, -0.05) is 36.0 Å². The minimum Gasteiger partial charge on any atom is -0.343 e. The van der Waals surface area contributed by atoms with Crippen LogP contribution in [0.1, 0.15) is 28.3 Å². The molecule has 3 rings (SSSR count). The van der Waals surface area contributed by atoms with Crippen molar-refractivity contribution in [1.29, 1.82) is 0 Å². The van der Waals surface area contributed by atoms with E-state index in [4.69, 9.17) is 0 Å². The summed E-state index contributed by atoms with van der Waals surface area (Å²) in [4.78, 5) is 18.2. The van der Waals surface area contributed by atoms with Crippen LogP contribution in [-0.4, -0.2) is 21.7 Å². The number of rotatable bonds is 5. The minimum absolute atomic E-state index is 0.0284. The average Bonchev–Trinajstić information content (AvgIpc) is 3.25. The number of thioether (sulfide) groups is 1. The number of benzene rings is 1. The summed E-state index contributed by atoms with van der Waals surface area (Å²) in [7, 11) is 0. The van der Waals surface area contributed by atoms with Crippen LogP contribution < -0.4 is 5.32 Å². The highest BCUT2D eigenvalue weighted by Gasteiger charge is 2.19. The van der Waals surface area contributed by atoms with Gasteiger partial charge in [0, 0.05) is 10.6 Å². The molecule has 1 N–H and O–H groups in total. The normalized spacial score (nSPS) is 12.1. The Morgan fingerprint density at radius 2 is 2.04 bits per heavy atom. The predicted molar refractivity (Wildman–Crippen MR) is 95.5 cm³/mol. The molecule has 1 unspecified atom stereocenters. The van der Waals surface area contributed by atoms with E-state index in [1.807, 2.05) is 65.6 Å². The number of hydrogen-bond donors (Lipinski definition) is 1. The summed E-state index contributed by atoms with van der Waals surface area (Å²) in [6, 6.07) is 13.8. The van der Waals surface area contributed by atoms with Gasteiger partial charge in [0.25, 0.3) is 5.91 Å². The maximum absolute atomic E-state index is 12.7. The fourth-order valence-electron chi connectivity index (χ4n) is 2.34. The topological polar surface area (TPSA) is 46.9 Å². The standard InChI is InChI=1S/C17H17N3OS2/c1-12(15-9-6-10-23-15)19-16(21)14-11-18-17(22-2)20(14)13-7-4-3-5-8-13/h3-12H,1-2H3,(H,19,21). The first-order valence-corrected chi connectivity index (χ1v) is 9.32. The first-order chi connectivity index (χ1) is 11.2. The highest BCUT2D eigenvalue weighted by molar-refractivity contribution is 7.98. The monoisotopic (exact) mass is 343 g/mol. The second-order valence-electron chi connectivity index (χ2n) is 5.01. The van der Waals surface area contributed by atoms with Gasteiger partial charge in [-0.2, -0.15) is 0 Å². The third-order valence-electron chi connectivity index (χ3n) is 3.48. The summed E-state index contributed by atoms with van der Waals surface area (Å²) in [6.45, 7) is 1.99. The summed E-state index contributed by atoms with van der Waals surface area (Å²) in [5, 5.41) is 5.86. The van der Waals surface area contributed by atoms with Crippen LogP contribution in [0.15, 0.2) is 59.2 Å². The number of amides is 1. The molecular formula is C17H17N3OS2. The van der Waals surface area contributed by atoms with Gasteiger partial charge in [0.05, 0.1) is 12.2 Å². The molecule has 4 nitrogen and oxygen atoms in total. The Hall–Kier alpha value is -2.05. The van der Waals surface area contributed by atoms with E-state index in [0.717, 1.165) is 15.7 Å². The van der Waals surface area contributed by atoms with Crippen LogP contribution in [0.25, 0.3) is 5.69 Å². The van der Waals surface area contributed by atoms with Crippen molar-refractivity contribution >= 4 is 29.0 Å². The van der Waals surface area contributed by atoms with Crippen LogP contribution in [0.3, 0.4) is 0 Å². The molecule has 0 bridgehead atoms. The van der Waals surface area contributed by atoms with E-state index >= 15 is 0 Å². The molecule has 0 radical (unpaired) electrons. The number of imidazole rings is 1. The summed E-state index contributed by atoms with van der Waals surface area (Å²) in [5.41, 5.74) is 1.48. The highest BCUT2D eigenvalue weighted by atomic mass is 32.2. The molecule has 6 heteroatoms. The maximum Gasteiger partial charge on any atom is 0.270 e. The zero-order valence-corrected chi connectivity index (χ0v) is 14.5. The van der Waals surface area contributed by atoms with E-state index in [-0.39, 0.29) is 11.9 Å². The highest BCUT2D eigenvalue weighted by Crippen LogP contribution is 2.23. The molecule has 118 valence electrons. The molecule has 0 aliphatic heterocycles. The molecule has 0 spiro atoms. The molecule has 0 saturated carbocycles. The molecule has 1 aromatic carbocycles. The second-order valence-corrected chi connectivity index (χ2v) is 6.76. The Morgan fingerprint density at radius 3 is 2.70 bits per heavy atom. The third kappa shape index (κ3) is 3.33. The quantitative estimate of drug-likeness (QED) is 0.708. The molecule has 0 aliphatic carbocycles. The lowest BCUT2D eigenvalue weighted by molar-refractivity contribution is 0.0933. The molecule has 1 atom stereocenters. The molecular weight excluding hydrogens is 326 g/mol. The predicted octanol–water partition coefficient (Wildman–Crippen LogP) is 4.15. The van der Waals surface area contributed by atoms with Gasteiger partial charge >= 0.3 is 0 Å². The van der Waals surface area contributed by atoms with Crippen molar-refractivity contribution in [2.75, 3.05) is 6.26 Å². The van der Waals surface area contributed by atoms with Crippen LogP contribution in [0.4, 0.5) is 0 Å². The van der Waals surface area contributed by atoms with Crippen molar-refractivity contribution in [3.63, 3.8) is 0 Å². The van der Waals surface area contributed by atoms with Gasteiger partial charge in [0.2, 0.25) is 0 Å². The maximum atomic E-state index is 12.7. The lowest BCUT2D eigenvalue weighted by atomic mass is 10.2. The molecule has 3 aromatic rings. The van der Waals surface area contributed by atoms with Crippen LogP contribution >= 0.6 is 23.1 Å². The largest absolute Gasteiger partial charge is 0.343 e. The molecule has 0 aliphatic rings. The Labute approximate surface area is 143 Å². The Kier molecular flexibility index (Phi) is 4.83. The number of aromatic nitrogens is 2. The lowest BCUT2D eigenvalue weighted by Crippen LogP contribution is -2.28. The second kappa shape index (κ2) is 7.02. The zero-order valence-electron chi connectivity index (χ0n) is 12.9. The fourth-order valence-corrected chi connectivity index (χ4v) is 3.62. The van der Waals surface area contributed by atoms with Crippen molar-refractivity contribution in [3.05, 3.63) is 64.6 Å². The van der Waals surface area contributed by atoms with Gasteiger partial charge in [-0.3, -0.25) is 9.36 Å². The van der Waals surface area contributed by atoms with Crippen molar-refractivity contribution in [2.45, 2.75) is 18.1 Å². The summed E-state index contributed by atoms with van der Waals surface area (Å²) in [5.74, 6) is -0.123. The Morgan fingerprint density at radius 1 is 1.26 bits per heavy atom. The smallest absolute Gasteiger partial charge is 0.270 e. The lowest BCUT2D eigenvalue weighted by Gasteiger charge is -2.14. The van der Waals surface area contributed by atoms with Crippen molar-refractivity contribution in [2.24, 2.45) is 0 Å². The van der Waals surface area contributed by atoms with E-state index in [0.29, 0.717) is 5.69 Å². The average molecular weight is 343 g/mol. The van der Waals surface area contributed by atoms with Crippen LogP contribution in [-0.2, 0) is 0 Å². The van der Waals surface area contributed by atoms with Gasteiger partial charge in [-0.05, 0) is 36.8 Å². The van der Waals surface area contributed by atoms with E-state index in [2.05, 4.69) is 10.3 Å². The van der Waals surface area contributed by atoms with Crippen LogP contribution in [0.5, 0.6) is 0 Å². The van der Waals surface area contributed by atoms with Crippen molar-refractivity contribution in [3.8, 4) is 5.69 Å². The summed E-state index contributed by atoms with van der Waals surface area (Å²) >= 11 is 3.16. The Balaban J connectivity index is 1.91. The van der Waals surface area contributed by atoms with Crippen LogP contribution in [0, 0.1) is 0 Å². The van der Waals surface area contributed by atoms with Crippen LogP contribution in [0.2, 0.25) is 0 Å². The van der Waals surface area contributed by atoms with Crippen molar-refractivity contribution in [1.82, 2.24) is 14.9 Å². The number of carbonyl (C=O) groups is 1. The van der Waals surface area contributed by atoms with E-state index in [1.54, 1.807) is 17.5 Å². The first kappa shape index (κ1) is 15.8.